The van der Waals surface area contributed by atoms with E-state index in [-0.39, 0.29) is 11.3 Å². The molecule has 0 aliphatic carbocycles. The summed E-state index contributed by atoms with van der Waals surface area (Å²) in [5.74, 6) is 0.194. The molecule has 0 aliphatic heterocycles. The molecular weight excluding hydrogens is 421 g/mol. The number of sulfone groups is 1. The first-order valence-electron chi connectivity index (χ1n) is 9.65. The summed E-state index contributed by atoms with van der Waals surface area (Å²) >= 11 is 0. The van der Waals surface area contributed by atoms with E-state index in [9.17, 15) is 17.6 Å². The highest BCUT2D eigenvalue weighted by Crippen LogP contribution is 2.31. The molecule has 0 unspecified atom stereocenters. The molecule has 0 spiro atoms. The van der Waals surface area contributed by atoms with E-state index in [0.29, 0.717) is 29.5 Å². The third-order valence-electron chi connectivity index (χ3n) is 4.28. The highest BCUT2D eigenvalue weighted by molar-refractivity contribution is 7.91. The molecule has 1 N–H and O–H groups in total. The number of anilines is 1. The third-order valence-corrected chi connectivity index (χ3v) is 6.01. The normalized spacial score (nSPS) is 11.0. The molecule has 0 heterocycles. The fourth-order valence-corrected chi connectivity index (χ4v) is 4.02. The molecule has 162 valence electrons. The highest BCUT2D eigenvalue weighted by Gasteiger charge is 2.17. The van der Waals surface area contributed by atoms with Crippen molar-refractivity contribution in [3.63, 3.8) is 0 Å². The predicted octanol–water partition coefficient (Wildman–Crippen LogP) is 4.82. The molecule has 1 amide bonds. The lowest BCUT2D eigenvalue weighted by molar-refractivity contribution is -0.115. The highest BCUT2D eigenvalue weighted by atomic mass is 32.2. The summed E-state index contributed by atoms with van der Waals surface area (Å²) in [6.07, 6.45) is -0.256. The molecule has 0 atom stereocenters. The minimum absolute atomic E-state index is 0.0281. The quantitative estimate of drug-likeness (QED) is 0.480. The van der Waals surface area contributed by atoms with Crippen molar-refractivity contribution in [2.24, 2.45) is 0 Å². The van der Waals surface area contributed by atoms with Gasteiger partial charge in [0.05, 0.1) is 22.9 Å². The number of hydrogen-bond donors (Lipinski definition) is 1. The second-order valence-electron chi connectivity index (χ2n) is 6.58. The number of amides is 1. The van der Waals surface area contributed by atoms with E-state index in [4.69, 9.17) is 9.47 Å². The number of carbonyl (C=O) groups is 1. The number of carbonyl (C=O) groups excluding carboxylic acids is 1. The number of para-hydroxylation sites is 2. The maximum Gasteiger partial charge on any atom is 0.225 e. The van der Waals surface area contributed by atoms with Crippen LogP contribution in [0.25, 0.3) is 0 Å². The van der Waals surface area contributed by atoms with Crippen molar-refractivity contribution in [2.45, 2.75) is 18.2 Å². The molecule has 0 fully saturated rings. The second kappa shape index (κ2) is 10.1. The van der Waals surface area contributed by atoms with Gasteiger partial charge in [-0.25, -0.2) is 12.8 Å². The molecule has 8 heteroatoms. The van der Waals surface area contributed by atoms with Crippen LogP contribution in [0.5, 0.6) is 17.2 Å². The Bertz CT molecular complexity index is 1150. The van der Waals surface area contributed by atoms with Crippen molar-refractivity contribution < 1.29 is 27.1 Å². The Hall–Kier alpha value is -3.39. The van der Waals surface area contributed by atoms with Crippen LogP contribution in [0.1, 0.15) is 13.3 Å². The second-order valence-corrected chi connectivity index (χ2v) is 8.69. The van der Waals surface area contributed by atoms with Crippen molar-refractivity contribution in [1.29, 1.82) is 0 Å². The molecular formula is C23H22FNO5S. The SMILES string of the molecule is CCOc1cccc(Oc2ccccc2NC(=O)CCS(=O)(=O)c2ccc(F)cc2)c1. The van der Waals surface area contributed by atoms with E-state index in [0.717, 1.165) is 12.1 Å². The Morgan fingerprint density at radius 1 is 0.968 bits per heavy atom. The van der Waals surface area contributed by atoms with Crippen LogP contribution in [-0.2, 0) is 14.6 Å². The van der Waals surface area contributed by atoms with Crippen LogP contribution < -0.4 is 14.8 Å². The molecule has 3 rings (SSSR count). The van der Waals surface area contributed by atoms with E-state index >= 15 is 0 Å². The first kappa shape index (κ1) is 22.3. The zero-order chi connectivity index (χ0) is 22.3. The first-order valence-corrected chi connectivity index (χ1v) is 11.3. The largest absolute Gasteiger partial charge is 0.494 e. The van der Waals surface area contributed by atoms with Crippen LogP contribution in [0.15, 0.2) is 77.7 Å². The van der Waals surface area contributed by atoms with Gasteiger partial charge in [-0.05, 0) is 55.5 Å². The Balaban J connectivity index is 1.65. The molecule has 0 radical (unpaired) electrons. The Labute approximate surface area is 180 Å². The lowest BCUT2D eigenvalue weighted by Crippen LogP contribution is -2.17. The van der Waals surface area contributed by atoms with Crippen LogP contribution in [0.3, 0.4) is 0 Å². The van der Waals surface area contributed by atoms with Gasteiger partial charge in [0, 0.05) is 12.5 Å². The molecule has 0 saturated carbocycles. The van der Waals surface area contributed by atoms with Crippen molar-refractivity contribution in [3.05, 3.63) is 78.6 Å². The average Bonchev–Trinajstić information content (AvgIpc) is 2.75. The zero-order valence-corrected chi connectivity index (χ0v) is 17.7. The van der Waals surface area contributed by atoms with Crippen molar-refractivity contribution in [1.82, 2.24) is 0 Å². The van der Waals surface area contributed by atoms with Crippen LogP contribution in [0, 0.1) is 5.82 Å². The molecule has 31 heavy (non-hydrogen) atoms. The summed E-state index contributed by atoms with van der Waals surface area (Å²) in [5.41, 5.74) is 0.411. The number of hydrogen-bond acceptors (Lipinski definition) is 5. The number of ether oxygens (including phenoxy) is 2. The minimum Gasteiger partial charge on any atom is -0.494 e. The number of nitrogens with one attached hydrogen (secondary N) is 1. The molecule has 0 bridgehead atoms. The lowest BCUT2D eigenvalue weighted by Gasteiger charge is -2.13. The summed E-state index contributed by atoms with van der Waals surface area (Å²) in [5, 5.41) is 2.68. The van der Waals surface area contributed by atoms with E-state index in [2.05, 4.69) is 5.32 Å². The zero-order valence-electron chi connectivity index (χ0n) is 16.9. The maximum absolute atomic E-state index is 13.0. The Morgan fingerprint density at radius 2 is 1.68 bits per heavy atom. The van der Waals surface area contributed by atoms with E-state index in [1.165, 1.54) is 12.1 Å². The fraction of sp³-hybridized carbons (Fsp3) is 0.174. The van der Waals surface area contributed by atoms with Gasteiger partial charge in [0.25, 0.3) is 0 Å². The van der Waals surface area contributed by atoms with Crippen LogP contribution >= 0.6 is 0 Å². The van der Waals surface area contributed by atoms with Gasteiger partial charge in [-0.2, -0.15) is 0 Å². The molecule has 0 saturated heterocycles. The average molecular weight is 443 g/mol. The number of benzene rings is 3. The van der Waals surface area contributed by atoms with E-state index in [1.54, 1.807) is 42.5 Å². The third kappa shape index (κ3) is 6.29. The van der Waals surface area contributed by atoms with Gasteiger partial charge in [0.1, 0.15) is 17.3 Å². The van der Waals surface area contributed by atoms with Gasteiger partial charge in [0.15, 0.2) is 15.6 Å². The summed E-state index contributed by atoms with van der Waals surface area (Å²) in [4.78, 5) is 12.3. The van der Waals surface area contributed by atoms with E-state index < -0.39 is 27.3 Å². The van der Waals surface area contributed by atoms with Gasteiger partial charge in [-0.3, -0.25) is 4.79 Å². The standard InChI is InChI=1S/C23H22FNO5S/c1-2-29-18-6-5-7-19(16-18)30-22-9-4-3-8-21(22)25-23(26)14-15-31(27,28)20-12-10-17(24)11-13-20/h3-13,16H,2,14-15H2,1H3,(H,25,26). The first-order chi connectivity index (χ1) is 14.9. The summed E-state index contributed by atoms with van der Waals surface area (Å²) in [6, 6.07) is 18.4. The van der Waals surface area contributed by atoms with Crippen molar-refractivity contribution >= 4 is 21.4 Å². The number of rotatable bonds is 9. The molecule has 0 aromatic heterocycles. The van der Waals surface area contributed by atoms with Gasteiger partial charge in [-0.15, -0.1) is 0 Å². The summed E-state index contributed by atoms with van der Waals surface area (Å²) in [6.45, 7) is 2.41. The van der Waals surface area contributed by atoms with Crippen LogP contribution in [-0.4, -0.2) is 26.7 Å². The van der Waals surface area contributed by atoms with Gasteiger partial charge in [-0.1, -0.05) is 18.2 Å². The molecule has 0 aliphatic rings. The monoisotopic (exact) mass is 443 g/mol. The van der Waals surface area contributed by atoms with Crippen LogP contribution in [0.2, 0.25) is 0 Å². The maximum atomic E-state index is 13.0. The smallest absolute Gasteiger partial charge is 0.225 e. The predicted molar refractivity (Wildman–Crippen MR) is 116 cm³/mol. The minimum atomic E-state index is -3.71. The topological polar surface area (TPSA) is 81.7 Å². The molecule has 6 nitrogen and oxygen atoms in total. The lowest BCUT2D eigenvalue weighted by atomic mass is 10.2. The Morgan fingerprint density at radius 3 is 2.42 bits per heavy atom. The fourth-order valence-electron chi connectivity index (χ4n) is 2.78. The summed E-state index contributed by atoms with van der Waals surface area (Å²) in [7, 11) is -3.71. The van der Waals surface area contributed by atoms with Gasteiger partial charge < -0.3 is 14.8 Å². The van der Waals surface area contributed by atoms with E-state index in [1.807, 2.05) is 13.0 Å². The van der Waals surface area contributed by atoms with Gasteiger partial charge in [0.2, 0.25) is 5.91 Å². The number of halogens is 1. The van der Waals surface area contributed by atoms with Crippen molar-refractivity contribution in [2.75, 3.05) is 17.7 Å². The molecule has 3 aromatic carbocycles. The van der Waals surface area contributed by atoms with Gasteiger partial charge >= 0.3 is 0 Å². The van der Waals surface area contributed by atoms with Crippen molar-refractivity contribution in [3.8, 4) is 17.2 Å². The summed E-state index contributed by atoms with van der Waals surface area (Å²) < 4.78 is 49.1. The Kier molecular flexibility index (Phi) is 7.25. The molecule has 3 aromatic rings. The van der Waals surface area contributed by atoms with Crippen LogP contribution in [0.4, 0.5) is 10.1 Å².